The van der Waals surface area contributed by atoms with Crippen LogP contribution in [0, 0.1) is 18.3 Å². The number of benzene rings is 2. The molecule has 2 rings (SSSR count). The third kappa shape index (κ3) is 5.16. The summed E-state index contributed by atoms with van der Waals surface area (Å²) in [5, 5.41) is 22.4. The van der Waals surface area contributed by atoms with Gasteiger partial charge >= 0.3 is 0 Å². The van der Waals surface area contributed by atoms with Gasteiger partial charge in [0.1, 0.15) is 12.1 Å². The first-order valence-electron chi connectivity index (χ1n) is 8.60. The van der Waals surface area contributed by atoms with Gasteiger partial charge in [-0.2, -0.15) is 5.26 Å². The lowest BCUT2D eigenvalue weighted by Crippen LogP contribution is -2.39. The first kappa shape index (κ1) is 20.6. The van der Waals surface area contributed by atoms with Crippen molar-refractivity contribution in [2.24, 2.45) is 0 Å². The number of Topliss-reactive ketones (excluding diaryl/α,β-unsaturated/α-hetero) is 2. The smallest absolute Gasteiger partial charge is 0.163 e. The maximum absolute atomic E-state index is 12.6. The molecule has 0 heterocycles. The van der Waals surface area contributed by atoms with Gasteiger partial charge in [0, 0.05) is 24.1 Å². The molecule has 0 aliphatic heterocycles. The van der Waals surface area contributed by atoms with Crippen LogP contribution in [0.5, 0.6) is 0 Å². The molecule has 5 nitrogen and oxygen atoms in total. The normalized spacial score (nSPS) is 12.7. The number of hydrogen-bond donors (Lipinski definition) is 2. The van der Waals surface area contributed by atoms with E-state index in [9.17, 15) is 14.7 Å². The van der Waals surface area contributed by atoms with E-state index in [4.69, 9.17) is 16.9 Å². The SMILES string of the molecule is Cc1c(N[C@@H](C(=O)CCC(=O)c2ccccc2)[C@H](C)O)ccc(C#N)c1Cl. The molecule has 2 N–H and O–H groups in total. The lowest BCUT2D eigenvalue weighted by atomic mass is 9.98. The van der Waals surface area contributed by atoms with Crippen LogP contribution in [0.3, 0.4) is 0 Å². The predicted molar refractivity (Wildman–Crippen MR) is 105 cm³/mol. The fourth-order valence-corrected chi connectivity index (χ4v) is 2.93. The highest BCUT2D eigenvalue weighted by molar-refractivity contribution is 6.32. The van der Waals surface area contributed by atoms with Crippen LogP contribution in [0.4, 0.5) is 5.69 Å². The van der Waals surface area contributed by atoms with Gasteiger partial charge in [0.05, 0.1) is 16.7 Å². The number of rotatable bonds is 8. The summed E-state index contributed by atoms with van der Waals surface area (Å²) in [4.78, 5) is 24.8. The van der Waals surface area contributed by atoms with Crippen molar-refractivity contribution in [3.8, 4) is 6.07 Å². The predicted octanol–water partition coefficient (Wildman–Crippen LogP) is 3.91. The highest BCUT2D eigenvalue weighted by Crippen LogP contribution is 2.28. The molecule has 2 aromatic carbocycles. The topological polar surface area (TPSA) is 90.2 Å². The summed E-state index contributed by atoms with van der Waals surface area (Å²) in [5.74, 6) is -0.389. The maximum Gasteiger partial charge on any atom is 0.163 e. The number of nitrogens with zero attached hydrogens (tertiary/aromatic N) is 1. The van der Waals surface area contributed by atoms with Crippen molar-refractivity contribution in [2.75, 3.05) is 5.32 Å². The molecule has 27 heavy (non-hydrogen) atoms. The molecular weight excluding hydrogens is 364 g/mol. The minimum atomic E-state index is -0.960. The zero-order valence-electron chi connectivity index (χ0n) is 15.2. The Morgan fingerprint density at radius 2 is 1.85 bits per heavy atom. The second kappa shape index (κ2) is 9.31. The molecule has 6 heteroatoms. The van der Waals surface area contributed by atoms with Crippen LogP contribution in [0.25, 0.3) is 0 Å². The first-order valence-corrected chi connectivity index (χ1v) is 8.97. The van der Waals surface area contributed by atoms with E-state index in [0.717, 1.165) is 0 Å². The summed E-state index contributed by atoms with van der Waals surface area (Å²) >= 11 is 6.16. The van der Waals surface area contributed by atoms with Crippen molar-refractivity contribution in [3.63, 3.8) is 0 Å². The molecule has 0 saturated heterocycles. The van der Waals surface area contributed by atoms with E-state index >= 15 is 0 Å². The number of halogens is 1. The van der Waals surface area contributed by atoms with Gasteiger partial charge in [-0.15, -0.1) is 0 Å². The van der Waals surface area contributed by atoms with Crippen LogP contribution >= 0.6 is 11.6 Å². The van der Waals surface area contributed by atoms with E-state index in [2.05, 4.69) is 5.32 Å². The van der Waals surface area contributed by atoms with Gasteiger partial charge < -0.3 is 10.4 Å². The Bertz CT molecular complexity index is 873. The summed E-state index contributed by atoms with van der Waals surface area (Å²) in [6.07, 6.45) is -0.877. The van der Waals surface area contributed by atoms with E-state index in [1.807, 2.05) is 12.1 Å². The molecule has 0 amide bonds. The largest absolute Gasteiger partial charge is 0.391 e. The van der Waals surface area contributed by atoms with E-state index < -0.39 is 12.1 Å². The zero-order chi connectivity index (χ0) is 20.0. The molecule has 0 saturated carbocycles. The third-order valence-electron chi connectivity index (χ3n) is 4.34. The molecule has 2 atom stereocenters. The number of nitrogens with one attached hydrogen (secondary N) is 1. The van der Waals surface area contributed by atoms with Crippen molar-refractivity contribution in [1.82, 2.24) is 0 Å². The molecule has 0 aromatic heterocycles. The van der Waals surface area contributed by atoms with Gasteiger partial charge in [-0.3, -0.25) is 9.59 Å². The summed E-state index contributed by atoms with van der Waals surface area (Å²) in [6.45, 7) is 3.24. The monoisotopic (exact) mass is 384 g/mol. The van der Waals surface area contributed by atoms with Gasteiger partial charge in [-0.25, -0.2) is 0 Å². The molecule has 140 valence electrons. The van der Waals surface area contributed by atoms with Crippen LogP contribution in [0.15, 0.2) is 42.5 Å². The highest BCUT2D eigenvalue weighted by Gasteiger charge is 2.25. The molecule has 0 radical (unpaired) electrons. The van der Waals surface area contributed by atoms with Crippen LogP contribution in [0.1, 0.15) is 41.3 Å². The Kier molecular flexibility index (Phi) is 7.12. The van der Waals surface area contributed by atoms with E-state index in [1.165, 1.54) is 6.92 Å². The number of hydrogen-bond acceptors (Lipinski definition) is 5. The molecule has 0 spiro atoms. The fraction of sp³-hybridized carbons (Fsp3) is 0.286. The summed E-state index contributed by atoms with van der Waals surface area (Å²) < 4.78 is 0. The number of anilines is 1. The van der Waals surface area contributed by atoms with E-state index in [0.29, 0.717) is 27.4 Å². The van der Waals surface area contributed by atoms with Gasteiger partial charge in [-0.05, 0) is 31.5 Å². The summed E-state index contributed by atoms with van der Waals surface area (Å²) in [7, 11) is 0. The number of nitriles is 1. The lowest BCUT2D eigenvalue weighted by molar-refractivity contribution is -0.121. The number of aliphatic hydroxyl groups is 1. The third-order valence-corrected chi connectivity index (χ3v) is 4.83. The number of carbonyl (C=O) groups is 2. The van der Waals surface area contributed by atoms with Gasteiger partial charge in [-0.1, -0.05) is 41.9 Å². The van der Waals surface area contributed by atoms with Crippen molar-refractivity contribution < 1.29 is 14.7 Å². The van der Waals surface area contributed by atoms with E-state index in [-0.39, 0.29) is 24.4 Å². The molecule has 0 aliphatic rings. The molecule has 2 aromatic rings. The van der Waals surface area contributed by atoms with Gasteiger partial charge in [0.25, 0.3) is 0 Å². The highest BCUT2D eigenvalue weighted by atomic mass is 35.5. The Morgan fingerprint density at radius 1 is 1.19 bits per heavy atom. The van der Waals surface area contributed by atoms with Crippen molar-refractivity contribution in [3.05, 3.63) is 64.2 Å². The number of aliphatic hydroxyl groups excluding tert-OH is 1. The average molecular weight is 385 g/mol. The van der Waals surface area contributed by atoms with Gasteiger partial charge in [0.2, 0.25) is 0 Å². The molecule has 0 bridgehead atoms. The standard InChI is InChI=1S/C21H21ClN2O3/c1-13-17(9-8-16(12-23)20(13)22)24-21(14(2)25)19(27)11-10-18(26)15-6-4-3-5-7-15/h3-9,14,21,24-25H,10-11H2,1-2H3/t14-,21+/m0/s1. The Hall–Kier alpha value is -2.68. The second-order valence-electron chi connectivity index (χ2n) is 6.33. The van der Waals surface area contributed by atoms with Crippen LogP contribution in [-0.4, -0.2) is 28.8 Å². The zero-order valence-corrected chi connectivity index (χ0v) is 16.0. The quantitative estimate of drug-likeness (QED) is 0.673. The van der Waals surface area contributed by atoms with Crippen molar-refractivity contribution >= 4 is 28.9 Å². The van der Waals surface area contributed by atoms with Crippen LogP contribution < -0.4 is 5.32 Å². The maximum atomic E-state index is 12.6. The molecule has 0 unspecified atom stereocenters. The summed E-state index contributed by atoms with van der Waals surface area (Å²) in [5.41, 5.74) is 2.08. The molecule has 0 aliphatic carbocycles. The fourth-order valence-electron chi connectivity index (χ4n) is 2.73. The summed E-state index contributed by atoms with van der Waals surface area (Å²) in [6, 6.07) is 13.1. The Balaban J connectivity index is 2.09. The van der Waals surface area contributed by atoms with Gasteiger partial charge in [0.15, 0.2) is 11.6 Å². The molecule has 0 fully saturated rings. The Labute approximate surface area is 163 Å². The first-order chi connectivity index (χ1) is 12.8. The van der Waals surface area contributed by atoms with E-state index in [1.54, 1.807) is 43.3 Å². The number of carbonyl (C=O) groups excluding carboxylic acids is 2. The number of ketones is 2. The second-order valence-corrected chi connectivity index (χ2v) is 6.71. The van der Waals surface area contributed by atoms with Crippen LogP contribution in [0.2, 0.25) is 5.02 Å². The van der Waals surface area contributed by atoms with Crippen molar-refractivity contribution in [1.29, 1.82) is 5.26 Å². The molecular formula is C21H21ClN2O3. The minimum Gasteiger partial charge on any atom is -0.391 e. The average Bonchev–Trinajstić information content (AvgIpc) is 2.67. The lowest BCUT2D eigenvalue weighted by Gasteiger charge is -2.23. The minimum absolute atomic E-state index is 0.0132. The van der Waals surface area contributed by atoms with Crippen molar-refractivity contribution in [2.45, 2.75) is 38.8 Å². The van der Waals surface area contributed by atoms with Crippen LogP contribution in [-0.2, 0) is 4.79 Å². The Morgan fingerprint density at radius 3 is 2.44 bits per heavy atom.